The first kappa shape index (κ1) is 13.0. The first-order chi connectivity index (χ1) is 10.8. The molecule has 0 atom stereocenters. The lowest BCUT2D eigenvalue weighted by Crippen LogP contribution is -2.11. The van der Waals surface area contributed by atoms with Crippen molar-refractivity contribution in [2.75, 3.05) is 5.73 Å². The van der Waals surface area contributed by atoms with Gasteiger partial charge in [0.05, 0.1) is 17.1 Å². The summed E-state index contributed by atoms with van der Waals surface area (Å²) < 4.78 is 2.02. The molecule has 0 spiro atoms. The number of anilines is 1. The van der Waals surface area contributed by atoms with Crippen molar-refractivity contribution in [3.05, 3.63) is 53.5 Å². The molecule has 110 valence electrons. The third-order valence-corrected chi connectivity index (χ3v) is 4.25. The zero-order valence-corrected chi connectivity index (χ0v) is 12.4. The Labute approximate surface area is 128 Å². The van der Waals surface area contributed by atoms with E-state index in [0.717, 1.165) is 29.6 Å². The number of nitrogen functional groups attached to an aromatic ring is 1. The monoisotopic (exact) mass is 291 g/mol. The van der Waals surface area contributed by atoms with Gasteiger partial charge in [-0.25, -0.2) is 14.6 Å². The van der Waals surface area contributed by atoms with Crippen LogP contribution in [-0.2, 0) is 12.8 Å². The van der Waals surface area contributed by atoms with Crippen LogP contribution in [0.4, 0.5) is 5.82 Å². The van der Waals surface area contributed by atoms with E-state index in [0.29, 0.717) is 5.82 Å². The van der Waals surface area contributed by atoms with Crippen LogP contribution in [0.2, 0.25) is 0 Å². The number of hydrogen-bond donors (Lipinski definition) is 1. The molecule has 0 saturated heterocycles. The molecule has 0 aliphatic heterocycles. The summed E-state index contributed by atoms with van der Waals surface area (Å²) in [6, 6.07) is 8.85. The first-order valence-electron chi connectivity index (χ1n) is 7.46. The fourth-order valence-corrected chi connectivity index (χ4v) is 3.26. The van der Waals surface area contributed by atoms with E-state index >= 15 is 0 Å². The number of rotatable bonds is 2. The Morgan fingerprint density at radius 2 is 1.91 bits per heavy atom. The van der Waals surface area contributed by atoms with Crippen LogP contribution >= 0.6 is 0 Å². The summed E-state index contributed by atoms with van der Waals surface area (Å²) in [5, 5.41) is 5.60. The van der Waals surface area contributed by atoms with Crippen LogP contribution in [0.5, 0.6) is 0 Å². The lowest BCUT2D eigenvalue weighted by molar-refractivity contribution is 0.486. The van der Waals surface area contributed by atoms with Gasteiger partial charge in [-0.1, -0.05) is 30.3 Å². The highest BCUT2D eigenvalue weighted by Gasteiger charge is 2.26. The van der Waals surface area contributed by atoms with Gasteiger partial charge in [0, 0.05) is 0 Å². The molecular formula is C17H17N5. The fraction of sp³-hybridized carbons (Fsp3) is 0.235. The van der Waals surface area contributed by atoms with Crippen molar-refractivity contribution in [3.8, 4) is 0 Å². The number of hydrogen-bond acceptors (Lipinski definition) is 4. The van der Waals surface area contributed by atoms with Crippen LogP contribution in [0.1, 0.15) is 29.8 Å². The van der Waals surface area contributed by atoms with Crippen LogP contribution in [0, 0.1) is 0 Å². The largest absolute Gasteiger partial charge is 0.383 e. The van der Waals surface area contributed by atoms with Gasteiger partial charge in [0.15, 0.2) is 5.65 Å². The number of aromatic nitrogens is 4. The van der Waals surface area contributed by atoms with Gasteiger partial charge in [0.2, 0.25) is 0 Å². The molecule has 1 aliphatic carbocycles. The van der Waals surface area contributed by atoms with Crippen molar-refractivity contribution < 1.29 is 0 Å². The highest BCUT2D eigenvalue weighted by atomic mass is 15.3. The Kier molecular flexibility index (Phi) is 2.92. The summed E-state index contributed by atoms with van der Waals surface area (Å²) in [5.41, 5.74) is 10.5. The summed E-state index contributed by atoms with van der Waals surface area (Å²) in [4.78, 5) is 8.54. The molecule has 3 aromatic rings. The van der Waals surface area contributed by atoms with E-state index in [1.165, 1.54) is 17.5 Å². The minimum atomic E-state index is 0.285. The smallest absolute Gasteiger partial charge is 0.164 e. The Morgan fingerprint density at radius 1 is 1.18 bits per heavy atom. The fourth-order valence-electron chi connectivity index (χ4n) is 3.26. The number of nitrogens with two attached hydrogens (primary N) is 1. The molecule has 2 aromatic heterocycles. The summed E-state index contributed by atoms with van der Waals surface area (Å²) in [6.07, 6.45) is 7.39. The Balaban J connectivity index is 1.85. The molecule has 0 amide bonds. The van der Waals surface area contributed by atoms with Gasteiger partial charge in [-0.3, -0.25) is 0 Å². The van der Waals surface area contributed by atoms with E-state index in [2.05, 4.69) is 34.2 Å². The van der Waals surface area contributed by atoms with Crippen molar-refractivity contribution in [1.82, 2.24) is 19.7 Å². The molecule has 1 aromatic carbocycles. The van der Waals surface area contributed by atoms with Crippen molar-refractivity contribution in [2.45, 2.75) is 25.8 Å². The van der Waals surface area contributed by atoms with Crippen LogP contribution in [0.25, 0.3) is 17.1 Å². The van der Waals surface area contributed by atoms with Gasteiger partial charge in [-0.05, 0) is 37.0 Å². The SMILES string of the molecule is C/C=C/c1nn(C2Cc3ccccc3C2)c2ncnc(N)c12. The molecule has 1 aliphatic rings. The quantitative estimate of drug-likeness (QED) is 0.788. The van der Waals surface area contributed by atoms with E-state index in [1.807, 2.05) is 23.8 Å². The lowest BCUT2D eigenvalue weighted by Gasteiger charge is -2.10. The summed E-state index contributed by atoms with van der Waals surface area (Å²) in [7, 11) is 0. The molecular weight excluding hydrogens is 274 g/mol. The maximum atomic E-state index is 6.05. The number of benzene rings is 1. The minimum Gasteiger partial charge on any atom is -0.383 e. The Hall–Kier alpha value is -2.69. The predicted octanol–water partition coefficient (Wildman–Crippen LogP) is 2.78. The number of nitrogens with zero attached hydrogens (tertiary/aromatic N) is 4. The van der Waals surface area contributed by atoms with E-state index in [1.54, 1.807) is 0 Å². The maximum absolute atomic E-state index is 6.05. The van der Waals surface area contributed by atoms with Crippen molar-refractivity contribution in [3.63, 3.8) is 0 Å². The highest BCUT2D eigenvalue weighted by molar-refractivity contribution is 5.92. The average molecular weight is 291 g/mol. The predicted molar refractivity (Wildman–Crippen MR) is 87.3 cm³/mol. The number of fused-ring (bicyclic) bond motifs is 2. The highest BCUT2D eigenvalue weighted by Crippen LogP contribution is 2.33. The molecule has 0 unspecified atom stereocenters. The molecule has 0 fully saturated rings. The zero-order chi connectivity index (χ0) is 15.1. The number of allylic oxidation sites excluding steroid dienone is 1. The standard InChI is InChI=1S/C17H17N5/c1-2-5-14-15-16(18)19-10-20-17(15)22(21-14)13-8-11-6-3-4-7-12(11)9-13/h2-7,10,13H,8-9H2,1H3,(H2,18,19,20)/b5-2+. The van der Waals surface area contributed by atoms with Gasteiger partial charge in [-0.2, -0.15) is 5.10 Å². The molecule has 2 heterocycles. The second-order valence-corrected chi connectivity index (χ2v) is 5.62. The normalized spacial score (nSPS) is 15.0. The van der Waals surface area contributed by atoms with Crippen LogP contribution in [-0.4, -0.2) is 19.7 Å². The topological polar surface area (TPSA) is 69.6 Å². The Bertz CT molecular complexity index is 853. The van der Waals surface area contributed by atoms with E-state index < -0.39 is 0 Å². The van der Waals surface area contributed by atoms with Crippen LogP contribution < -0.4 is 5.73 Å². The molecule has 5 nitrogen and oxygen atoms in total. The summed E-state index contributed by atoms with van der Waals surface area (Å²) in [5.74, 6) is 0.486. The Morgan fingerprint density at radius 3 is 2.59 bits per heavy atom. The first-order valence-corrected chi connectivity index (χ1v) is 7.46. The van der Waals surface area contributed by atoms with Gasteiger partial charge >= 0.3 is 0 Å². The third kappa shape index (κ3) is 1.89. The van der Waals surface area contributed by atoms with Crippen molar-refractivity contribution in [2.24, 2.45) is 0 Å². The van der Waals surface area contributed by atoms with E-state index in [-0.39, 0.29) is 6.04 Å². The van der Waals surface area contributed by atoms with Gasteiger partial charge in [-0.15, -0.1) is 0 Å². The molecule has 4 rings (SSSR count). The molecule has 0 saturated carbocycles. The third-order valence-electron chi connectivity index (χ3n) is 4.25. The second-order valence-electron chi connectivity index (χ2n) is 5.62. The van der Waals surface area contributed by atoms with Gasteiger partial charge in [0.1, 0.15) is 12.1 Å². The molecule has 5 heteroatoms. The lowest BCUT2D eigenvalue weighted by atomic mass is 10.1. The zero-order valence-electron chi connectivity index (χ0n) is 12.4. The van der Waals surface area contributed by atoms with Crippen LogP contribution in [0.3, 0.4) is 0 Å². The van der Waals surface area contributed by atoms with E-state index in [9.17, 15) is 0 Å². The van der Waals surface area contributed by atoms with Crippen molar-refractivity contribution in [1.29, 1.82) is 0 Å². The second kappa shape index (κ2) is 4.94. The molecule has 22 heavy (non-hydrogen) atoms. The summed E-state index contributed by atoms with van der Waals surface area (Å²) >= 11 is 0. The van der Waals surface area contributed by atoms with E-state index in [4.69, 9.17) is 10.8 Å². The molecule has 0 radical (unpaired) electrons. The average Bonchev–Trinajstić information content (AvgIpc) is 3.10. The minimum absolute atomic E-state index is 0.285. The molecule has 2 N–H and O–H groups in total. The van der Waals surface area contributed by atoms with Crippen LogP contribution in [0.15, 0.2) is 36.7 Å². The maximum Gasteiger partial charge on any atom is 0.164 e. The summed E-state index contributed by atoms with van der Waals surface area (Å²) in [6.45, 7) is 1.97. The van der Waals surface area contributed by atoms with Crippen molar-refractivity contribution >= 4 is 22.9 Å². The molecule has 0 bridgehead atoms. The van der Waals surface area contributed by atoms with Gasteiger partial charge in [0.25, 0.3) is 0 Å². The van der Waals surface area contributed by atoms with Gasteiger partial charge < -0.3 is 5.73 Å².